The Labute approximate surface area is 117 Å². The van der Waals surface area contributed by atoms with E-state index in [4.69, 9.17) is 16.2 Å². The summed E-state index contributed by atoms with van der Waals surface area (Å²) in [6.45, 7) is 0. The molecule has 1 aromatic carbocycles. The normalized spacial score (nSPS) is 10.1. The largest absolute Gasteiger partial charge is 0.490 e. The topological polar surface area (TPSA) is 131 Å². The number of rotatable bonds is 4. The fourth-order valence-electron chi connectivity index (χ4n) is 1.58. The van der Waals surface area contributed by atoms with E-state index in [2.05, 4.69) is 9.98 Å². The highest BCUT2D eigenvalue weighted by Crippen LogP contribution is 2.32. The first kappa shape index (κ1) is 13.7. The van der Waals surface area contributed by atoms with Crippen LogP contribution in [0.1, 0.15) is 0 Å². The molecule has 2 rings (SSSR count). The van der Waals surface area contributed by atoms with Crippen LogP contribution in [-0.2, 0) is 0 Å². The number of nitro benzene ring substituents is 1. The molecule has 0 aliphatic heterocycles. The summed E-state index contributed by atoms with van der Waals surface area (Å²) < 4.78 is 4.95. The number of hydrogen-bond acceptors (Lipinski definition) is 5. The molecule has 1 aromatic heterocycles. The fourth-order valence-corrected chi connectivity index (χ4v) is 2.32. The zero-order valence-corrected chi connectivity index (χ0v) is 11.3. The van der Waals surface area contributed by atoms with Gasteiger partial charge in [-0.3, -0.25) is 10.1 Å². The van der Waals surface area contributed by atoms with Gasteiger partial charge in [0.1, 0.15) is 5.69 Å². The van der Waals surface area contributed by atoms with E-state index in [1.807, 2.05) is 0 Å². The van der Waals surface area contributed by atoms with Crippen LogP contribution < -0.4 is 21.2 Å². The van der Waals surface area contributed by atoms with Crippen molar-refractivity contribution >= 4 is 28.1 Å². The van der Waals surface area contributed by atoms with Gasteiger partial charge in [0.15, 0.2) is 5.75 Å². The summed E-state index contributed by atoms with van der Waals surface area (Å²) in [6.07, 6.45) is 0. The second-order valence-electron chi connectivity index (χ2n) is 3.76. The van der Waals surface area contributed by atoms with Crippen LogP contribution >= 0.6 is 11.3 Å². The number of nitrogens with one attached hydrogen (secondary N) is 1. The fraction of sp³-hybridized carbons (Fsp3) is 0.0909. The molecular formula is C11H12N5O3S+. The van der Waals surface area contributed by atoms with Crippen molar-refractivity contribution in [2.24, 2.45) is 11.5 Å². The van der Waals surface area contributed by atoms with Crippen molar-refractivity contribution in [1.82, 2.24) is 4.98 Å². The third-order valence-electron chi connectivity index (χ3n) is 2.43. The smallest absolute Gasteiger partial charge is 0.311 e. The van der Waals surface area contributed by atoms with Gasteiger partial charge in [0.25, 0.3) is 5.13 Å². The highest BCUT2D eigenvalue weighted by molar-refractivity contribution is 7.13. The van der Waals surface area contributed by atoms with Crippen molar-refractivity contribution in [3.05, 3.63) is 33.7 Å². The van der Waals surface area contributed by atoms with E-state index in [9.17, 15) is 10.1 Å². The third kappa shape index (κ3) is 2.83. The first-order valence-corrected chi connectivity index (χ1v) is 6.32. The van der Waals surface area contributed by atoms with E-state index in [0.717, 1.165) is 0 Å². The Bertz CT molecular complexity index is 678. The maximum absolute atomic E-state index is 11.0. The van der Waals surface area contributed by atoms with Crippen LogP contribution in [0.5, 0.6) is 5.75 Å². The second-order valence-corrected chi connectivity index (χ2v) is 4.62. The van der Waals surface area contributed by atoms with E-state index < -0.39 is 4.92 Å². The minimum atomic E-state index is -0.500. The van der Waals surface area contributed by atoms with Crippen LogP contribution in [0.15, 0.2) is 23.6 Å². The van der Waals surface area contributed by atoms with Gasteiger partial charge < -0.3 is 16.2 Å². The molecule has 9 heteroatoms. The van der Waals surface area contributed by atoms with Crippen LogP contribution in [0.2, 0.25) is 0 Å². The number of thiazole rings is 1. The van der Waals surface area contributed by atoms with Gasteiger partial charge in [-0.05, 0) is 12.1 Å². The van der Waals surface area contributed by atoms with Gasteiger partial charge in [0, 0.05) is 17.0 Å². The number of hydrogen-bond donors (Lipinski definition) is 3. The molecule has 0 unspecified atom stereocenters. The number of guanidine groups is 1. The Morgan fingerprint density at radius 1 is 1.50 bits per heavy atom. The van der Waals surface area contributed by atoms with Gasteiger partial charge in [-0.25, -0.2) is 4.99 Å². The molecule has 8 nitrogen and oxygen atoms in total. The Hall–Kier alpha value is -2.68. The lowest BCUT2D eigenvalue weighted by Crippen LogP contribution is -2.72. The number of ether oxygens (including phenoxy) is 1. The van der Waals surface area contributed by atoms with E-state index >= 15 is 0 Å². The zero-order valence-electron chi connectivity index (χ0n) is 10.5. The summed E-state index contributed by atoms with van der Waals surface area (Å²) in [7, 11) is 1.38. The number of nitrogens with two attached hydrogens (primary N) is 2. The van der Waals surface area contributed by atoms with Gasteiger partial charge in [0.05, 0.1) is 12.0 Å². The molecular weight excluding hydrogens is 282 g/mol. The predicted octanol–water partition coefficient (Wildman–Crippen LogP) is -0.288. The molecule has 5 N–H and O–H groups in total. The minimum absolute atomic E-state index is 0.0339. The Morgan fingerprint density at radius 2 is 2.25 bits per heavy atom. The molecule has 20 heavy (non-hydrogen) atoms. The Balaban J connectivity index is 2.43. The monoisotopic (exact) mass is 294 g/mol. The zero-order chi connectivity index (χ0) is 14.7. The van der Waals surface area contributed by atoms with E-state index in [1.54, 1.807) is 11.4 Å². The highest BCUT2D eigenvalue weighted by Gasteiger charge is 2.18. The molecule has 0 bridgehead atoms. The van der Waals surface area contributed by atoms with Crippen LogP contribution in [-0.4, -0.2) is 23.0 Å². The molecule has 0 radical (unpaired) electrons. The summed E-state index contributed by atoms with van der Waals surface area (Å²) in [4.78, 5) is 17.4. The summed E-state index contributed by atoms with van der Waals surface area (Å²) >= 11 is 1.29. The molecule has 0 atom stereocenters. The van der Waals surface area contributed by atoms with E-state index in [0.29, 0.717) is 16.4 Å². The number of benzene rings is 1. The van der Waals surface area contributed by atoms with E-state index in [1.165, 1.54) is 30.6 Å². The summed E-state index contributed by atoms with van der Waals surface area (Å²) in [5.41, 5.74) is 11.7. The first-order valence-electron chi connectivity index (χ1n) is 5.44. The summed E-state index contributed by atoms with van der Waals surface area (Å²) in [5.74, 6) is 0.235. The van der Waals surface area contributed by atoms with Gasteiger partial charge in [-0.1, -0.05) is 11.3 Å². The van der Waals surface area contributed by atoms with E-state index in [-0.39, 0.29) is 17.4 Å². The number of nitro groups is 1. The summed E-state index contributed by atoms with van der Waals surface area (Å²) in [6, 6.07) is 4.64. The molecule has 0 aliphatic carbocycles. The average molecular weight is 294 g/mol. The lowest BCUT2D eigenvalue weighted by molar-refractivity contribution is -0.385. The molecule has 0 saturated heterocycles. The van der Waals surface area contributed by atoms with Gasteiger partial charge >= 0.3 is 11.6 Å². The van der Waals surface area contributed by atoms with Crippen molar-refractivity contribution in [2.45, 2.75) is 0 Å². The Morgan fingerprint density at radius 3 is 2.85 bits per heavy atom. The van der Waals surface area contributed by atoms with Crippen molar-refractivity contribution in [2.75, 3.05) is 7.11 Å². The third-order valence-corrected chi connectivity index (χ3v) is 3.18. The first-order chi connectivity index (χ1) is 9.51. The molecule has 0 aliphatic rings. The van der Waals surface area contributed by atoms with Crippen LogP contribution in [0.3, 0.4) is 0 Å². The van der Waals surface area contributed by atoms with Crippen LogP contribution in [0.25, 0.3) is 11.3 Å². The van der Waals surface area contributed by atoms with Crippen molar-refractivity contribution < 1.29 is 14.7 Å². The number of methoxy groups -OCH3 is 1. The van der Waals surface area contributed by atoms with Crippen molar-refractivity contribution in [3.8, 4) is 17.0 Å². The molecule has 1 heterocycles. The molecule has 104 valence electrons. The number of nitrogens with zero attached hydrogens (tertiary/aromatic N) is 2. The molecule has 0 spiro atoms. The SMILES string of the molecule is COc1ccc(-c2csc([NH+]=C(N)N)n2)cc1[N+](=O)[O-]. The maximum Gasteiger partial charge on any atom is 0.311 e. The van der Waals surface area contributed by atoms with Gasteiger partial charge in [0.2, 0.25) is 0 Å². The number of aromatic nitrogens is 1. The highest BCUT2D eigenvalue weighted by atomic mass is 32.1. The van der Waals surface area contributed by atoms with Crippen LogP contribution in [0, 0.1) is 10.1 Å². The quantitative estimate of drug-likeness (QED) is 0.307. The summed E-state index contributed by atoms with van der Waals surface area (Å²) in [5, 5.41) is 13.2. The second kappa shape index (κ2) is 5.53. The van der Waals surface area contributed by atoms with Gasteiger partial charge in [-0.2, -0.15) is 0 Å². The van der Waals surface area contributed by atoms with Crippen molar-refractivity contribution in [1.29, 1.82) is 0 Å². The van der Waals surface area contributed by atoms with Gasteiger partial charge in [-0.15, -0.1) is 4.98 Å². The lowest BCUT2D eigenvalue weighted by atomic mass is 10.1. The molecule has 0 fully saturated rings. The predicted molar refractivity (Wildman–Crippen MR) is 74.8 cm³/mol. The lowest BCUT2D eigenvalue weighted by Gasteiger charge is -2.02. The molecule has 2 aromatic rings. The minimum Gasteiger partial charge on any atom is -0.490 e. The van der Waals surface area contributed by atoms with Crippen LogP contribution in [0.4, 0.5) is 10.8 Å². The molecule has 0 amide bonds. The van der Waals surface area contributed by atoms with Crippen molar-refractivity contribution in [3.63, 3.8) is 0 Å². The Kier molecular flexibility index (Phi) is 3.80. The average Bonchev–Trinajstić information content (AvgIpc) is 2.85. The standard InChI is InChI=1S/C11H11N5O3S/c1-19-9-3-2-6(4-8(9)16(17)18)7-5-20-11(14-7)15-10(12)13/h2-5H,1H3,(H4,12,13,14,15)/p+1. The molecule has 0 saturated carbocycles. The maximum atomic E-state index is 11.0.